The van der Waals surface area contributed by atoms with Crippen molar-refractivity contribution in [1.82, 2.24) is 9.91 Å². The van der Waals surface area contributed by atoms with Crippen molar-refractivity contribution >= 4 is 0 Å². The van der Waals surface area contributed by atoms with Crippen LogP contribution in [0.25, 0.3) is 0 Å². The smallest absolute Gasteiger partial charge is 0.0702 e. The maximum Gasteiger partial charge on any atom is 0.0702 e. The molecule has 2 aliphatic heterocycles. The summed E-state index contributed by atoms with van der Waals surface area (Å²) in [7, 11) is 0. The maximum absolute atomic E-state index is 5.68. The average Bonchev–Trinajstić information content (AvgIpc) is 2.62. The molecule has 0 bridgehead atoms. The number of nitrogens with two attached hydrogens (primary N) is 1. The van der Waals surface area contributed by atoms with Gasteiger partial charge in [-0.1, -0.05) is 0 Å². The van der Waals surface area contributed by atoms with Crippen molar-refractivity contribution in [2.75, 3.05) is 39.3 Å². The number of ether oxygens (including phenoxy) is 1. The van der Waals surface area contributed by atoms with Gasteiger partial charge in [0, 0.05) is 39.3 Å². The van der Waals surface area contributed by atoms with E-state index in [9.17, 15) is 0 Å². The topological polar surface area (TPSA) is 41.7 Å². The molecular formula is C9H19N3O. The van der Waals surface area contributed by atoms with Crippen molar-refractivity contribution < 1.29 is 4.74 Å². The molecule has 2 N–H and O–H groups in total. The summed E-state index contributed by atoms with van der Waals surface area (Å²) in [4.78, 5) is 2.46. The van der Waals surface area contributed by atoms with Gasteiger partial charge in [0.1, 0.15) is 0 Å². The maximum atomic E-state index is 5.68. The van der Waals surface area contributed by atoms with Gasteiger partial charge in [0.25, 0.3) is 0 Å². The van der Waals surface area contributed by atoms with Gasteiger partial charge in [0.2, 0.25) is 0 Å². The van der Waals surface area contributed by atoms with Gasteiger partial charge in [-0.25, -0.2) is 5.01 Å². The van der Waals surface area contributed by atoms with E-state index in [4.69, 9.17) is 10.6 Å². The number of rotatable bonds is 2. The standard InChI is InChI=1S/C9H19N3O/c10-12-5-3-11(4-6-12)8-9-2-1-7-13-9/h9H,1-8,10H2/t9-/m1/s1. The lowest BCUT2D eigenvalue weighted by molar-refractivity contribution is 0.0504. The van der Waals surface area contributed by atoms with Gasteiger partial charge in [-0.3, -0.25) is 10.7 Å². The molecule has 1 atom stereocenters. The number of piperazine rings is 1. The predicted molar refractivity (Wildman–Crippen MR) is 51.2 cm³/mol. The Morgan fingerprint density at radius 3 is 2.62 bits per heavy atom. The second kappa shape index (κ2) is 4.37. The Balaban J connectivity index is 1.69. The van der Waals surface area contributed by atoms with Crippen LogP contribution >= 0.6 is 0 Å². The van der Waals surface area contributed by atoms with E-state index in [0.717, 1.165) is 39.3 Å². The highest BCUT2D eigenvalue weighted by Gasteiger charge is 2.21. The summed E-state index contributed by atoms with van der Waals surface area (Å²) in [6.07, 6.45) is 2.97. The van der Waals surface area contributed by atoms with Crippen molar-refractivity contribution in [2.45, 2.75) is 18.9 Å². The van der Waals surface area contributed by atoms with Crippen molar-refractivity contribution in [3.05, 3.63) is 0 Å². The summed E-state index contributed by atoms with van der Waals surface area (Å²) in [6, 6.07) is 0. The Kier molecular flexibility index (Phi) is 3.16. The molecule has 0 aromatic rings. The highest BCUT2D eigenvalue weighted by Crippen LogP contribution is 2.13. The molecule has 0 unspecified atom stereocenters. The summed E-state index contributed by atoms with van der Waals surface area (Å²) in [5.74, 6) is 5.68. The molecule has 0 aliphatic carbocycles. The normalized spacial score (nSPS) is 32.5. The zero-order valence-electron chi connectivity index (χ0n) is 8.11. The third-order valence-corrected chi connectivity index (χ3v) is 2.89. The van der Waals surface area contributed by atoms with Gasteiger partial charge in [-0.2, -0.15) is 0 Å². The molecule has 4 nitrogen and oxygen atoms in total. The summed E-state index contributed by atoms with van der Waals surface area (Å²) >= 11 is 0. The van der Waals surface area contributed by atoms with Crippen LogP contribution < -0.4 is 5.84 Å². The van der Waals surface area contributed by atoms with Crippen LogP contribution in [0.15, 0.2) is 0 Å². The third kappa shape index (κ3) is 2.64. The lowest BCUT2D eigenvalue weighted by atomic mass is 10.2. The number of hydrogen-bond acceptors (Lipinski definition) is 4. The van der Waals surface area contributed by atoms with Crippen LogP contribution in [0, 0.1) is 0 Å². The average molecular weight is 185 g/mol. The molecule has 2 heterocycles. The van der Waals surface area contributed by atoms with Crippen LogP contribution in [0.4, 0.5) is 0 Å². The van der Waals surface area contributed by atoms with Crippen LogP contribution in [0.3, 0.4) is 0 Å². The molecule has 0 amide bonds. The fraction of sp³-hybridized carbons (Fsp3) is 1.00. The first-order valence-corrected chi connectivity index (χ1v) is 5.18. The van der Waals surface area contributed by atoms with Crippen molar-refractivity contribution in [2.24, 2.45) is 5.84 Å². The van der Waals surface area contributed by atoms with Gasteiger partial charge in [0.15, 0.2) is 0 Å². The first kappa shape index (κ1) is 9.40. The SMILES string of the molecule is NN1CCN(C[C@H]2CCCO2)CC1. The van der Waals surface area contributed by atoms with E-state index >= 15 is 0 Å². The van der Waals surface area contributed by atoms with Gasteiger partial charge in [-0.15, -0.1) is 0 Å². The van der Waals surface area contributed by atoms with Gasteiger partial charge < -0.3 is 4.74 Å². The van der Waals surface area contributed by atoms with E-state index in [2.05, 4.69) is 4.90 Å². The number of hydrazine groups is 1. The minimum atomic E-state index is 0.490. The van der Waals surface area contributed by atoms with Crippen molar-refractivity contribution in [1.29, 1.82) is 0 Å². The van der Waals surface area contributed by atoms with Crippen LogP contribution in [-0.4, -0.2) is 55.3 Å². The summed E-state index contributed by atoms with van der Waals surface area (Å²) in [5.41, 5.74) is 0. The lowest BCUT2D eigenvalue weighted by Gasteiger charge is -2.33. The molecule has 2 rings (SSSR count). The largest absolute Gasteiger partial charge is 0.377 e. The number of hydrogen-bond donors (Lipinski definition) is 1. The molecule has 2 fully saturated rings. The van der Waals surface area contributed by atoms with E-state index in [-0.39, 0.29) is 0 Å². The molecule has 13 heavy (non-hydrogen) atoms. The van der Waals surface area contributed by atoms with Crippen molar-refractivity contribution in [3.63, 3.8) is 0 Å². The monoisotopic (exact) mass is 185 g/mol. The molecular weight excluding hydrogens is 166 g/mol. The molecule has 4 heteroatoms. The highest BCUT2D eigenvalue weighted by atomic mass is 16.5. The van der Waals surface area contributed by atoms with Gasteiger partial charge in [-0.05, 0) is 12.8 Å². The summed E-state index contributed by atoms with van der Waals surface area (Å²) < 4.78 is 5.60. The summed E-state index contributed by atoms with van der Waals surface area (Å²) in [6.45, 7) is 6.24. The Bertz CT molecular complexity index is 151. The van der Waals surface area contributed by atoms with E-state index in [0.29, 0.717) is 6.10 Å². The molecule has 0 spiro atoms. The Morgan fingerprint density at radius 2 is 2.00 bits per heavy atom. The predicted octanol–water partition coefficient (Wildman–Crippen LogP) is -0.343. The lowest BCUT2D eigenvalue weighted by Crippen LogP contribution is -2.50. The van der Waals surface area contributed by atoms with E-state index in [1.807, 2.05) is 5.01 Å². The van der Waals surface area contributed by atoms with E-state index in [1.54, 1.807) is 0 Å². The second-order valence-electron chi connectivity index (χ2n) is 3.97. The van der Waals surface area contributed by atoms with Crippen LogP contribution in [0.2, 0.25) is 0 Å². The molecule has 0 aromatic heterocycles. The molecule has 2 aliphatic rings. The van der Waals surface area contributed by atoms with Crippen molar-refractivity contribution in [3.8, 4) is 0 Å². The van der Waals surface area contributed by atoms with E-state index < -0.39 is 0 Å². The molecule has 2 saturated heterocycles. The van der Waals surface area contributed by atoms with Gasteiger partial charge in [0.05, 0.1) is 6.10 Å². The Hall–Kier alpha value is -0.160. The van der Waals surface area contributed by atoms with Crippen LogP contribution in [0.1, 0.15) is 12.8 Å². The van der Waals surface area contributed by atoms with E-state index in [1.165, 1.54) is 12.8 Å². The zero-order valence-corrected chi connectivity index (χ0v) is 8.11. The first-order valence-electron chi connectivity index (χ1n) is 5.18. The Labute approximate surface area is 79.6 Å². The van der Waals surface area contributed by atoms with Crippen LogP contribution in [-0.2, 0) is 4.74 Å². The molecule has 0 radical (unpaired) electrons. The fourth-order valence-electron chi connectivity index (χ4n) is 2.02. The summed E-state index contributed by atoms with van der Waals surface area (Å²) in [5, 5.41) is 1.89. The quantitative estimate of drug-likeness (QED) is 0.597. The highest BCUT2D eigenvalue weighted by molar-refractivity contribution is 4.74. The minimum absolute atomic E-state index is 0.490. The van der Waals surface area contributed by atoms with Gasteiger partial charge >= 0.3 is 0 Å². The first-order chi connectivity index (χ1) is 6.34. The molecule has 76 valence electrons. The molecule has 0 saturated carbocycles. The van der Waals surface area contributed by atoms with Crippen LogP contribution in [0.5, 0.6) is 0 Å². The Morgan fingerprint density at radius 1 is 1.23 bits per heavy atom. The second-order valence-corrected chi connectivity index (χ2v) is 3.97. The zero-order chi connectivity index (χ0) is 9.10. The third-order valence-electron chi connectivity index (χ3n) is 2.89. The molecule has 0 aromatic carbocycles. The number of nitrogens with zero attached hydrogens (tertiary/aromatic N) is 2. The fourth-order valence-corrected chi connectivity index (χ4v) is 2.02. The minimum Gasteiger partial charge on any atom is -0.377 e.